The van der Waals surface area contributed by atoms with Gasteiger partial charge in [-0.25, -0.2) is 0 Å². The summed E-state index contributed by atoms with van der Waals surface area (Å²) in [4.78, 5) is 14.9. The van der Waals surface area contributed by atoms with Gasteiger partial charge in [0.05, 0.1) is 0 Å². The molecule has 0 spiro atoms. The molecule has 1 aliphatic heterocycles. The lowest BCUT2D eigenvalue weighted by Crippen LogP contribution is -2.48. The second kappa shape index (κ2) is 8.35. The summed E-state index contributed by atoms with van der Waals surface area (Å²) in [6.07, 6.45) is 1.29. The maximum atomic E-state index is 12.4. The minimum Gasteiger partial charge on any atom is -0.355 e. The molecule has 0 unspecified atom stereocenters. The van der Waals surface area contributed by atoms with Crippen molar-refractivity contribution in [2.45, 2.75) is 33.2 Å². The summed E-state index contributed by atoms with van der Waals surface area (Å²) in [6, 6.07) is 9.70. The van der Waals surface area contributed by atoms with Crippen LogP contribution in [0, 0.1) is 11.8 Å². The van der Waals surface area contributed by atoms with Crippen LogP contribution in [0.25, 0.3) is 11.3 Å². The van der Waals surface area contributed by atoms with E-state index in [2.05, 4.69) is 52.1 Å². The van der Waals surface area contributed by atoms with Gasteiger partial charge >= 0.3 is 0 Å². The van der Waals surface area contributed by atoms with Gasteiger partial charge < -0.3 is 9.84 Å². The second-order valence-electron chi connectivity index (χ2n) is 7.54. The fourth-order valence-corrected chi connectivity index (χ4v) is 3.93. The molecule has 3 rings (SSSR count). The van der Waals surface area contributed by atoms with Gasteiger partial charge in [-0.1, -0.05) is 47.1 Å². The molecule has 1 aromatic heterocycles. The lowest BCUT2D eigenvalue weighted by Gasteiger charge is -2.38. The van der Waals surface area contributed by atoms with E-state index in [0.717, 1.165) is 23.1 Å². The van der Waals surface area contributed by atoms with E-state index >= 15 is 0 Å². The molecule has 1 aromatic carbocycles. The second-order valence-corrected chi connectivity index (χ2v) is 8.46. The molecule has 5 nitrogen and oxygen atoms in total. The molecule has 1 amide bonds. The molecule has 1 saturated heterocycles. The first-order valence-corrected chi connectivity index (χ1v) is 9.96. The lowest BCUT2D eigenvalue weighted by molar-refractivity contribution is 0.0862. The van der Waals surface area contributed by atoms with Gasteiger partial charge in [0, 0.05) is 41.8 Å². The largest absolute Gasteiger partial charge is 0.355 e. The maximum Gasteiger partial charge on any atom is 0.273 e. The normalized spacial score (nSPS) is 22.2. The molecule has 1 aliphatic rings. The quantitative estimate of drug-likeness (QED) is 0.788. The predicted molar refractivity (Wildman–Crippen MR) is 106 cm³/mol. The number of likely N-dealkylation sites (tertiary alicyclic amines) is 1. The monoisotopic (exact) mass is 419 g/mol. The van der Waals surface area contributed by atoms with E-state index in [1.54, 1.807) is 6.07 Å². The van der Waals surface area contributed by atoms with Gasteiger partial charge in [-0.05, 0) is 37.3 Å². The van der Waals surface area contributed by atoms with Gasteiger partial charge in [0.15, 0.2) is 11.5 Å². The Morgan fingerprint density at radius 1 is 1.31 bits per heavy atom. The van der Waals surface area contributed by atoms with Gasteiger partial charge in [-0.2, -0.15) is 0 Å². The number of hydrogen-bond donors (Lipinski definition) is 1. The zero-order chi connectivity index (χ0) is 18.7. The van der Waals surface area contributed by atoms with Crippen molar-refractivity contribution in [3.8, 4) is 11.3 Å². The Bertz CT molecular complexity index is 734. The van der Waals surface area contributed by atoms with Crippen molar-refractivity contribution in [2.24, 2.45) is 11.8 Å². The molecule has 140 valence electrons. The highest BCUT2D eigenvalue weighted by Gasteiger charge is 2.25. The van der Waals surface area contributed by atoms with E-state index in [1.165, 1.54) is 6.42 Å². The summed E-state index contributed by atoms with van der Waals surface area (Å²) in [5.41, 5.74) is 1.21. The van der Waals surface area contributed by atoms with Crippen molar-refractivity contribution in [1.29, 1.82) is 0 Å². The standard InChI is InChI=1S/C20H26BrN3O2/c1-13-8-14(2)12-24(11-13)15(3)10-22-20(25)18-9-19(26-23-18)16-4-6-17(21)7-5-16/h4-7,9,13-15H,8,10-12H2,1-3H3,(H,22,25)/t13-,14+,15-/m1/s1. The van der Waals surface area contributed by atoms with Crippen LogP contribution < -0.4 is 5.32 Å². The molecule has 2 aromatic rings. The van der Waals surface area contributed by atoms with E-state index in [1.807, 2.05) is 24.3 Å². The van der Waals surface area contributed by atoms with Crippen molar-refractivity contribution in [2.75, 3.05) is 19.6 Å². The third-order valence-corrected chi connectivity index (χ3v) is 5.48. The Balaban J connectivity index is 1.56. The Hall–Kier alpha value is -1.66. The number of carbonyl (C=O) groups is 1. The molecule has 0 saturated carbocycles. The molecule has 0 aliphatic carbocycles. The van der Waals surface area contributed by atoms with Crippen LogP contribution in [0.5, 0.6) is 0 Å². The number of aromatic nitrogens is 1. The highest BCUT2D eigenvalue weighted by molar-refractivity contribution is 9.10. The molecular formula is C20H26BrN3O2. The molecule has 26 heavy (non-hydrogen) atoms. The average molecular weight is 420 g/mol. The van der Waals surface area contributed by atoms with Crippen LogP contribution in [-0.2, 0) is 0 Å². The summed E-state index contributed by atoms with van der Waals surface area (Å²) < 4.78 is 6.32. The molecular weight excluding hydrogens is 394 g/mol. The van der Waals surface area contributed by atoms with Crippen LogP contribution >= 0.6 is 15.9 Å². The lowest BCUT2D eigenvalue weighted by atomic mass is 9.91. The molecule has 0 radical (unpaired) electrons. The fraction of sp³-hybridized carbons (Fsp3) is 0.500. The van der Waals surface area contributed by atoms with E-state index in [9.17, 15) is 4.79 Å². The number of carbonyl (C=O) groups excluding carboxylic acids is 1. The predicted octanol–water partition coefficient (Wildman–Crippen LogP) is 4.20. The summed E-state index contributed by atoms with van der Waals surface area (Å²) in [7, 11) is 0. The van der Waals surface area contributed by atoms with E-state index in [0.29, 0.717) is 35.9 Å². The third kappa shape index (κ3) is 4.74. The van der Waals surface area contributed by atoms with Crippen molar-refractivity contribution >= 4 is 21.8 Å². The van der Waals surface area contributed by atoms with Gasteiger partial charge in [0.1, 0.15) is 0 Å². The van der Waals surface area contributed by atoms with Crippen molar-refractivity contribution in [3.05, 3.63) is 40.5 Å². The molecule has 6 heteroatoms. The average Bonchev–Trinajstić information content (AvgIpc) is 3.09. The van der Waals surface area contributed by atoms with Gasteiger partial charge in [0.25, 0.3) is 5.91 Å². The van der Waals surface area contributed by atoms with E-state index < -0.39 is 0 Å². The SMILES string of the molecule is C[C@@H]1C[C@H](C)CN([C@H](C)CNC(=O)c2cc(-c3ccc(Br)cc3)on2)C1. The maximum absolute atomic E-state index is 12.4. The smallest absolute Gasteiger partial charge is 0.273 e. The van der Waals surface area contributed by atoms with Crippen LogP contribution in [0.4, 0.5) is 0 Å². The van der Waals surface area contributed by atoms with Gasteiger partial charge in [0.2, 0.25) is 0 Å². The third-order valence-electron chi connectivity index (χ3n) is 4.95. The number of rotatable bonds is 5. The Kier molecular flexibility index (Phi) is 6.14. The van der Waals surface area contributed by atoms with E-state index in [-0.39, 0.29) is 5.91 Å². The van der Waals surface area contributed by atoms with Gasteiger partial charge in [-0.3, -0.25) is 9.69 Å². The molecule has 0 bridgehead atoms. The molecule has 1 N–H and O–H groups in total. The van der Waals surface area contributed by atoms with E-state index in [4.69, 9.17) is 4.52 Å². The number of nitrogens with one attached hydrogen (secondary N) is 1. The van der Waals surface area contributed by atoms with Crippen LogP contribution in [-0.4, -0.2) is 41.6 Å². The first-order valence-electron chi connectivity index (χ1n) is 9.17. The fourth-order valence-electron chi connectivity index (χ4n) is 3.66. The van der Waals surface area contributed by atoms with Crippen molar-refractivity contribution in [3.63, 3.8) is 0 Å². The molecule has 1 fully saturated rings. The number of piperidine rings is 1. The number of halogens is 1. The first-order chi connectivity index (χ1) is 12.4. The number of amides is 1. The summed E-state index contributed by atoms with van der Waals surface area (Å²) in [5, 5.41) is 6.91. The Morgan fingerprint density at radius 2 is 1.96 bits per heavy atom. The van der Waals surface area contributed by atoms with Gasteiger partial charge in [-0.15, -0.1) is 0 Å². The number of benzene rings is 1. The van der Waals surface area contributed by atoms with Crippen molar-refractivity contribution < 1.29 is 9.32 Å². The molecule has 3 atom stereocenters. The van der Waals surface area contributed by atoms with Crippen LogP contribution in [0.1, 0.15) is 37.7 Å². The zero-order valence-electron chi connectivity index (χ0n) is 15.5. The Morgan fingerprint density at radius 3 is 2.62 bits per heavy atom. The number of nitrogens with zero attached hydrogens (tertiary/aromatic N) is 2. The minimum absolute atomic E-state index is 0.193. The highest BCUT2D eigenvalue weighted by atomic mass is 79.9. The van der Waals surface area contributed by atoms with Crippen LogP contribution in [0.15, 0.2) is 39.3 Å². The first kappa shape index (κ1) is 19.1. The van der Waals surface area contributed by atoms with Crippen molar-refractivity contribution in [1.82, 2.24) is 15.4 Å². The molecule has 2 heterocycles. The van der Waals surface area contributed by atoms with Crippen LogP contribution in [0.2, 0.25) is 0 Å². The summed E-state index contributed by atoms with van der Waals surface area (Å²) in [5.74, 6) is 1.82. The zero-order valence-corrected chi connectivity index (χ0v) is 17.1. The summed E-state index contributed by atoms with van der Waals surface area (Å²) in [6.45, 7) is 9.57. The number of hydrogen-bond acceptors (Lipinski definition) is 4. The highest BCUT2D eigenvalue weighted by Crippen LogP contribution is 2.23. The topological polar surface area (TPSA) is 58.4 Å². The summed E-state index contributed by atoms with van der Waals surface area (Å²) >= 11 is 3.41. The minimum atomic E-state index is -0.193. The van der Waals surface area contributed by atoms with Crippen LogP contribution in [0.3, 0.4) is 0 Å². The Labute approximate surface area is 163 Å².